The lowest BCUT2D eigenvalue weighted by molar-refractivity contribution is 0.393. The molecule has 1 saturated carbocycles. The molecule has 0 radical (unpaired) electrons. The van der Waals surface area contributed by atoms with Crippen LogP contribution >= 0.6 is 0 Å². The number of nitrogens with one attached hydrogen (secondary N) is 1. The molecule has 1 aromatic rings. The van der Waals surface area contributed by atoms with Gasteiger partial charge in [-0.25, -0.2) is 13.2 Å². The molecule has 1 heterocycles. The van der Waals surface area contributed by atoms with Crippen LogP contribution in [-0.4, -0.2) is 6.54 Å². The molecule has 0 spiro atoms. The standard InChI is InChI=1S/C12H12F3N/c13-8-5-7-3-4-16-12(6-1-2-6)9(7)11(15)10(8)14/h5-6,12,16H,1-4H2. The summed E-state index contributed by atoms with van der Waals surface area (Å²) < 4.78 is 40.0. The lowest BCUT2D eigenvalue weighted by atomic mass is 9.90. The van der Waals surface area contributed by atoms with Crippen molar-refractivity contribution in [1.82, 2.24) is 5.32 Å². The van der Waals surface area contributed by atoms with Crippen molar-refractivity contribution in [3.05, 3.63) is 34.6 Å². The van der Waals surface area contributed by atoms with Crippen LogP contribution in [0.15, 0.2) is 6.07 Å². The van der Waals surface area contributed by atoms with Gasteiger partial charge in [-0.05, 0) is 43.4 Å². The Bertz CT molecular complexity index is 440. The SMILES string of the molecule is Fc1cc2c(c(F)c1F)C(C1CC1)NCC2. The first kappa shape index (κ1) is 10.1. The highest BCUT2D eigenvalue weighted by molar-refractivity contribution is 5.36. The van der Waals surface area contributed by atoms with Gasteiger partial charge in [0.15, 0.2) is 17.5 Å². The van der Waals surface area contributed by atoms with Crippen LogP contribution in [0.1, 0.15) is 30.0 Å². The molecule has 1 aliphatic heterocycles. The van der Waals surface area contributed by atoms with Crippen molar-refractivity contribution in [2.45, 2.75) is 25.3 Å². The summed E-state index contributed by atoms with van der Waals surface area (Å²) in [6, 6.07) is 1.02. The van der Waals surface area contributed by atoms with Crippen molar-refractivity contribution in [2.24, 2.45) is 5.92 Å². The minimum atomic E-state index is -1.34. The van der Waals surface area contributed by atoms with Crippen molar-refractivity contribution < 1.29 is 13.2 Å². The van der Waals surface area contributed by atoms with Gasteiger partial charge in [-0.1, -0.05) is 0 Å². The van der Waals surface area contributed by atoms with Crippen LogP contribution in [0.3, 0.4) is 0 Å². The van der Waals surface area contributed by atoms with Gasteiger partial charge in [-0.2, -0.15) is 0 Å². The zero-order valence-electron chi connectivity index (χ0n) is 8.69. The lowest BCUT2D eigenvalue weighted by Crippen LogP contribution is -2.32. The summed E-state index contributed by atoms with van der Waals surface area (Å²) >= 11 is 0. The molecule has 16 heavy (non-hydrogen) atoms. The monoisotopic (exact) mass is 227 g/mol. The number of hydrogen-bond acceptors (Lipinski definition) is 1. The van der Waals surface area contributed by atoms with Crippen molar-refractivity contribution in [1.29, 1.82) is 0 Å². The van der Waals surface area contributed by atoms with E-state index in [-0.39, 0.29) is 6.04 Å². The van der Waals surface area contributed by atoms with Crippen molar-refractivity contribution >= 4 is 0 Å². The second kappa shape index (κ2) is 3.48. The molecule has 86 valence electrons. The second-order valence-corrected chi connectivity index (χ2v) is 4.58. The summed E-state index contributed by atoms with van der Waals surface area (Å²) in [4.78, 5) is 0. The van der Waals surface area contributed by atoms with E-state index in [2.05, 4.69) is 5.32 Å². The summed E-state index contributed by atoms with van der Waals surface area (Å²) in [5, 5.41) is 3.20. The molecule has 0 amide bonds. The van der Waals surface area contributed by atoms with E-state index in [1.807, 2.05) is 0 Å². The third-order valence-electron chi connectivity index (χ3n) is 3.45. The normalized spacial score (nSPS) is 24.3. The zero-order valence-corrected chi connectivity index (χ0v) is 8.69. The molecule has 0 aromatic heterocycles. The van der Waals surface area contributed by atoms with E-state index in [0.717, 1.165) is 18.9 Å². The van der Waals surface area contributed by atoms with Crippen molar-refractivity contribution in [3.63, 3.8) is 0 Å². The van der Waals surface area contributed by atoms with Gasteiger partial charge in [0, 0.05) is 11.6 Å². The third kappa shape index (κ3) is 1.44. The van der Waals surface area contributed by atoms with Gasteiger partial charge in [0.05, 0.1) is 0 Å². The third-order valence-corrected chi connectivity index (χ3v) is 3.45. The Morgan fingerprint density at radius 1 is 1.12 bits per heavy atom. The second-order valence-electron chi connectivity index (χ2n) is 4.58. The zero-order chi connectivity index (χ0) is 11.3. The largest absolute Gasteiger partial charge is 0.309 e. The van der Waals surface area contributed by atoms with Gasteiger partial charge in [-0.3, -0.25) is 0 Å². The Kier molecular flexibility index (Phi) is 2.21. The molecule has 3 rings (SSSR count). The summed E-state index contributed by atoms with van der Waals surface area (Å²) in [5.41, 5.74) is 0.972. The van der Waals surface area contributed by atoms with Gasteiger partial charge in [0.1, 0.15) is 0 Å². The minimum Gasteiger partial charge on any atom is -0.309 e. The smallest absolute Gasteiger partial charge is 0.194 e. The first-order chi connectivity index (χ1) is 7.68. The maximum Gasteiger partial charge on any atom is 0.194 e. The van der Waals surface area contributed by atoms with E-state index >= 15 is 0 Å². The van der Waals surface area contributed by atoms with E-state index < -0.39 is 17.5 Å². The molecule has 2 aliphatic rings. The molecule has 1 N–H and O–H groups in total. The molecule has 4 heteroatoms. The molecule has 1 aromatic carbocycles. The average molecular weight is 227 g/mol. The highest BCUT2D eigenvalue weighted by atomic mass is 19.2. The molecule has 0 bridgehead atoms. The van der Waals surface area contributed by atoms with Gasteiger partial charge in [0.25, 0.3) is 0 Å². The Morgan fingerprint density at radius 2 is 1.88 bits per heavy atom. The Labute approximate surface area is 91.7 Å². The van der Waals surface area contributed by atoms with E-state index in [1.54, 1.807) is 0 Å². The number of fused-ring (bicyclic) bond motifs is 1. The molecule has 1 fully saturated rings. The average Bonchev–Trinajstić information content (AvgIpc) is 3.09. The fourth-order valence-electron chi connectivity index (χ4n) is 2.50. The van der Waals surface area contributed by atoms with E-state index in [9.17, 15) is 13.2 Å². The molecular weight excluding hydrogens is 215 g/mol. The maximum atomic E-state index is 13.7. The van der Waals surface area contributed by atoms with Crippen LogP contribution < -0.4 is 5.32 Å². The summed E-state index contributed by atoms with van der Waals surface area (Å²) in [6.45, 7) is 0.707. The fraction of sp³-hybridized carbons (Fsp3) is 0.500. The number of rotatable bonds is 1. The number of benzene rings is 1. The summed E-state index contributed by atoms with van der Waals surface area (Å²) in [7, 11) is 0. The molecule has 1 aliphatic carbocycles. The minimum absolute atomic E-state index is 0.126. The van der Waals surface area contributed by atoms with Crippen LogP contribution in [0.4, 0.5) is 13.2 Å². The van der Waals surface area contributed by atoms with E-state index in [4.69, 9.17) is 0 Å². The van der Waals surface area contributed by atoms with Gasteiger partial charge < -0.3 is 5.32 Å². The van der Waals surface area contributed by atoms with E-state index in [1.165, 1.54) is 0 Å². The Hall–Kier alpha value is -1.03. The van der Waals surface area contributed by atoms with Crippen LogP contribution in [0, 0.1) is 23.4 Å². The fourth-order valence-corrected chi connectivity index (χ4v) is 2.50. The van der Waals surface area contributed by atoms with E-state index in [0.29, 0.717) is 30.0 Å². The van der Waals surface area contributed by atoms with Crippen LogP contribution in [0.25, 0.3) is 0 Å². The maximum absolute atomic E-state index is 13.7. The molecule has 1 atom stereocenters. The van der Waals surface area contributed by atoms with Gasteiger partial charge in [-0.15, -0.1) is 0 Å². The molecular formula is C12H12F3N. The van der Waals surface area contributed by atoms with Crippen molar-refractivity contribution in [2.75, 3.05) is 6.54 Å². The highest BCUT2D eigenvalue weighted by Crippen LogP contribution is 2.44. The lowest BCUT2D eigenvalue weighted by Gasteiger charge is -2.27. The first-order valence-corrected chi connectivity index (χ1v) is 5.58. The van der Waals surface area contributed by atoms with Crippen LogP contribution in [-0.2, 0) is 6.42 Å². The molecule has 1 unspecified atom stereocenters. The summed E-state index contributed by atoms with van der Waals surface area (Å²) in [5.74, 6) is -3.03. The topological polar surface area (TPSA) is 12.0 Å². The Morgan fingerprint density at radius 3 is 2.56 bits per heavy atom. The summed E-state index contributed by atoms with van der Waals surface area (Å²) in [6.07, 6.45) is 2.64. The van der Waals surface area contributed by atoms with Crippen LogP contribution in [0.2, 0.25) is 0 Å². The predicted molar refractivity (Wildman–Crippen MR) is 53.5 cm³/mol. The van der Waals surface area contributed by atoms with Gasteiger partial charge >= 0.3 is 0 Å². The molecule has 1 nitrogen and oxygen atoms in total. The Balaban J connectivity index is 2.14. The predicted octanol–water partition coefficient (Wildman–Crippen LogP) is 2.70. The highest BCUT2D eigenvalue weighted by Gasteiger charge is 2.37. The molecule has 0 saturated heterocycles. The quantitative estimate of drug-likeness (QED) is 0.727. The van der Waals surface area contributed by atoms with Gasteiger partial charge in [0.2, 0.25) is 0 Å². The van der Waals surface area contributed by atoms with Crippen molar-refractivity contribution in [3.8, 4) is 0 Å². The first-order valence-electron chi connectivity index (χ1n) is 5.58. The number of halogens is 3. The van der Waals surface area contributed by atoms with Crippen LogP contribution in [0.5, 0.6) is 0 Å². The number of hydrogen-bond donors (Lipinski definition) is 1.